The van der Waals surface area contributed by atoms with E-state index in [2.05, 4.69) is 0 Å². The van der Waals surface area contributed by atoms with E-state index in [1.807, 2.05) is 66.7 Å². The lowest BCUT2D eigenvalue weighted by atomic mass is 10.1. The average Bonchev–Trinajstić information content (AvgIpc) is 3.01. The van der Waals surface area contributed by atoms with Gasteiger partial charge < -0.3 is 9.57 Å². The molecule has 0 bridgehead atoms. The van der Waals surface area contributed by atoms with Crippen LogP contribution in [0.4, 0.5) is 0 Å². The highest BCUT2D eigenvalue weighted by molar-refractivity contribution is 5.81. The van der Waals surface area contributed by atoms with Crippen molar-refractivity contribution in [2.75, 3.05) is 6.61 Å². The van der Waals surface area contributed by atoms with E-state index in [-0.39, 0.29) is 5.97 Å². The lowest BCUT2D eigenvalue weighted by molar-refractivity contribution is -0.163. The zero-order valence-corrected chi connectivity index (χ0v) is 13.0. The van der Waals surface area contributed by atoms with E-state index in [0.29, 0.717) is 18.9 Å². The summed E-state index contributed by atoms with van der Waals surface area (Å²) < 4.78 is 5.17. The second-order valence-corrected chi connectivity index (χ2v) is 5.25. The fourth-order valence-corrected chi connectivity index (χ4v) is 2.50. The minimum Gasteiger partial charge on any atom is -0.464 e. The molecular weight excluding hydrogens is 290 g/mol. The highest BCUT2D eigenvalue weighted by Crippen LogP contribution is 2.28. The van der Waals surface area contributed by atoms with Crippen LogP contribution >= 0.6 is 0 Å². The van der Waals surface area contributed by atoms with Crippen molar-refractivity contribution in [3.63, 3.8) is 0 Å². The number of carbonyl (C=O) groups is 1. The molecule has 1 aliphatic rings. The summed E-state index contributed by atoms with van der Waals surface area (Å²) in [5.41, 5.74) is 2.02. The highest BCUT2D eigenvalue weighted by Gasteiger charge is 2.34. The third-order valence-electron chi connectivity index (χ3n) is 3.60. The van der Waals surface area contributed by atoms with Gasteiger partial charge in [-0.3, -0.25) is 0 Å². The molecule has 0 aromatic heterocycles. The number of benzene rings is 2. The van der Waals surface area contributed by atoms with E-state index >= 15 is 0 Å². The fourth-order valence-electron chi connectivity index (χ4n) is 2.50. The number of nitrogens with zero attached hydrogens (tertiary/aromatic N) is 1. The Balaban J connectivity index is 1.82. The summed E-state index contributed by atoms with van der Waals surface area (Å²) in [6.07, 6.45) is 1.82. The van der Waals surface area contributed by atoms with Crippen LogP contribution in [0.25, 0.3) is 5.76 Å². The number of hydrogen-bond donors (Lipinski definition) is 0. The number of ether oxygens (including phenoxy) is 1. The molecule has 0 amide bonds. The van der Waals surface area contributed by atoms with Crippen molar-refractivity contribution in [2.45, 2.75) is 19.5 Å². The number of hydroxylamine groups is 2. The van der Waals surface area contributed by atoms with Crippen molar-refractivity contribution in [2.24, 2.45) is 0 Å². The summed E-state index contributed by atoms with van der Waals surface area (Å²) in [6, 6.07) is 19.1. The zero-order valence-electron chi connectivity index (χ0n) is 13.0. The van der Waals surface area contributed by atoms with Crippen molar-refractivity contribution < 1.29 is 14.4 Å². The summed E-state index contributed by atoms with van der Waals surface area (Å²) in [5, 5.41) is 1.66. The van der Waals surface area contributed by atoms with Gasteiger partial charge in [0.2, 0.25) is 0 Å². The first kappa shape index (κ1) is 15.3. The van der Waals surface area contributed by atoms with Gasteiger partial charge in [-0.15, -0.1) is 5.06 Å². The Morgan fingerprint density at radius 1 is 1.09 bits per heavy atom. The Morgan fingerprint density at radius 2 is 1.74 bits per heavy atom. The van der Waals surface area contributed by atoms with Crippen molar-refractivity contribution in [1.82, 2.24) is 5.06 Å². The SMILES string of the molecule is CCOC(=O)C1C=C(c2ccccc2)ON1Cc1ccccc1. The molecule has 3 rings (SSSR count). The molecule has 0 saturated heterocycles. The summed E-state index contributed by atoms with van der Waals surface area (Å²) in [6.45, 7) is 2.66. The average molecular weight is 309 g/mol. The molecule has 4 heteroatoms. The van der Waals surface area contributed by atoms with Crippen LogP contribution in [-0.4, -0.2) is 23.7 Å². The summed E-state index contributed by atoms with van der Waals surface area (Å²) >= 11 is 0. The summed E-state index contributed by atoms with van der Waals surface area (Å²) in [4.78, 5) is 18.2. The molecule has 0 radical (unpaired) electrons. The van der Waals surface area contributed by atoms with Crippen LogP contribution in [0.1, 0.15) is 18.1 Å². The maximum atomic E-state index is 12.2. The van der Waals surface area contributed by atoms with E-state index in [9.17, 15) is 4.79 Å². The molecule has 0 saturated carbocycles. The molecule has 0 N–H and O–H groups in total. The second-order valence-electron chi connectivity index (χ2n) is 5.25. The van der Waals surface area contributed by atoms with Gasteiger partial charge in [0.1, 0.15) is 0 Å². The Hall–Kier alpha value is -2.59. The lowest BCUT2D eigenvalue weighted by Crippen LogP contribution is -2.36. The van der Waals surface area contributed by atoms with Gasteiger partial charge in [-0.25, -0.2) is 4.79 Å². The predicted molar refractivity (Wildman–Crippen MR) is 87.9 cm³/mol. The Morgan fingerprint density at radius 3 is 2.39 bits per heavy atom. The van der Waals surface area contributed by atoms with Crippen LogP contribution in [0.5, 0.6) is 0 Å². The Kier molecular flexibility index (Phi) is 4.74. The minimum absolute atomic E-state index is 0.297. The van der Waals surface area contributed by atoms with Crippen LogP contribution in [0.3, 0.4) is 0 Å². The number of hydrogen-bond acceptors (Lipinski definition) is 4. The molecule has 0 spiro atoms. The first-order valence-electron chi connectivity index (χ1n) is 7.70. The molecule has 1 aliphatic heterocycles. The monoisotopic (exact) mass is 309 g/mol. The van der Waals surface area contributed by atoms with Crippen molar-refractivity contribution in [3.05, 3.63) is 77.9 Å². The molecular formula is C19H19NO3. The molecule has 118 valence electrons. The standard InChI is InChI=1S/C19H19NO3/c1-2-22-19(21)17-13-18(16-11-7-4-8-12-16)23-20(17)14-15-9-5-3-6-10-15/h3-13,17H,2,14H2,1H3. The van der Waals surface area contributed by atoms with Gasteiger partial charge >= 0.3 is 5.97 Å². The van der Waals surface area contributed by atoms with Gasteiger partial charge in [-0.1, -0.05) is 60.7 Å². The van der Waals surface area contributed by atoms with E-state index in [1.165, 1.54) is 0 Å². The molecule has 1 heterocycles. The number of esters is 1. The molecule has 2 aromatic carbocycles. The van der Waals surface area contributed by atoms with Crippen molar-refractivity contribution >= 4 is 11.7 Å². The smallest absolute Gasteiger partial charge is 0.330 e. The van der Waals surface area contributed by atoms with E-state index in [0.717, 1.165) is 11.1 Å². The van der Waals surface area contributed by atoms with Crippen LogP contribution in [0.2, 0.25) is 0 Å². The number of rotatable bonds is 5. The second kappa shape index (κ2) is 7.11. The van der Waals surface area contributed by atoms with Gasteiger partial charge in [-0.2, -0.15) is 0 Å². The molecule has 1 unspecified atom stereocenters. The molecule has 2 aromatic rings. The third-order valence-corrected chi connectivity index (χ3v) is 3.60. The Labute approximate surface area is 135 Å². The summed E-state index contributed by atoms with van der Waals surface area (Å²) in [7, 11) is 0. The van der Waals surface area contributed by atoms with Crippen molar-refractivity contribution in [3.8, 4) is 0 Å². The third kappa shape index (κ3) is 3.60. The summed E-state index contributed by atoms with van der Waals surface area (Å²) in [5.74, 6) is 0.383. The maximum absolute atomic E-state index is 12.2. The normalized spacial score (nSPS) is 17.4. The topological polar surface area (TPSA) is 38.8 Å². The van der Waals surface area contributed by atoms with E-state index in [1.54, 1.807) is 12.0 Å². The molecule has 0 fully saturated rings. The van der Waals surface area contributed by atoms with Gasteiger partial charge in [0.05, 0.1) is 13.2 Å². The lowest BCUT2D eigenvalue weighted by Gasteiger charge is -2.22. The Bertz CT molecular complexity index is 682. The maximum Gasteiger partial charge on any atom is 0.330 e. The number of carbonyl (C=O) groups excluding carboxylic acids is 1. The first-order valence-corrected chi connectivity index (χ1v) is 7.70. The van der Waals surface area contributed by atoms with Gasteiger partial charge in [-0.05, 0) is 18.6 Å². The highest BCUT2D eigenvalue weighted by atomic mass is 16.7. The molecule has 1 atom stereocenters. The quantitative estimate of drug-likeness (QED) is 0.794. The molecule has 0 aliphatic carbocycles. The van der Waals surface area contributed by atoms with Crippen LogP contribution in [0.15, 0.2) is 66.7 Å². The van der Waals surface area contributed by atoms with E-state index in [4.69, 9.17) is 9.57 Å². The first-order chi connectivity index (χ1) is 11.3. The largest absolute Gasteiger partial charge is 0.464 e. The van der Waals surface area contributed by atoms with Crippen LogP contribution in [-0.2, 0) is 20.9 Å². The predicted octanol–water partition coefficient (Wildman–Crippen LogP) is 3.41. The van der Waals surface area contributed by atoms with Gasteiger partial charge in [0, 0.05) is 5.56 Å². The fraction of sp³-hybridized carbons (Fsp3) is 0.211. The van der Waals surface area contributed by atoms with Crippen molar-refractivity contribution in [1.29, 1.82) is 0 Å². The van der Waals surface area contributed by atoms with E-state index < -0.39 is 6.04 Å². The van der Waals surface area contributed by atoms with Gasteiger partial charge in [0.15, 0.2) is 11.8 Å². The molecule has 4 nitrogen and oxygen atoms in total. The van der Waals surface area contributed by atoms with Crippen LogP contribution in [0, 0.1) is 0 Å². The molecule has 23 heavy (non-hydrogen) atoms. The van der Waals surface area contributed by atoms with Gasteiger partial charge in [0.25, 0.3) is 0 Å². The van der Waals surface area contributed by atoms with Crippen LogP contribution < -0.4 is 0 Å². The zero-order chi connectivity index (χ0) is 16.1. The minimum atomic E-state index is -0.537.